The zero-order valence-corrected chi connectivity index (χ0v) is 14.3. The van der Waals surface area contributed by atoms with E-state index >= 15 is 0 Å². The molecule has 1 fully saturated rings. The highest BCUT2D eigenvalue weighted by Gasteiger charge is 2.27. The van der Waals surface area contributed by atoms with Gasteiger partial charge in [-0.15, -0.1) is 0 Å². The number of sulfone groups is 1. The van der Waals surface area contributed by atoms with Gasteiger partial charge in [-0.2, -0.15) is 4.98 Å². The van der Waals surface area contributed by atoms with Crippen LogP contribution in [-0.4, -0.2) is 35.9 Å². The van der Waals surface area contributed by atoms with Crippen LogP contribution in [0.25, 0.3) is 0 Å². The fourth-order valence-corrected chi connectivity index (χ4v) is 4.29. The first-order chi connectivity index (χ1) is 10.9. The number of benzene rings is 1. The number of hydrogen-bond donors (Lipinski definition) is 2. The Morgan fingerprint density at radius 2 is 2.00 bits per heavy atom. The zero-order valence-electron chi connectivity index (χ0n) is 12.0. The van der Waals surface area contributed by atoms with Gasteiger partial charge in [-0.3, -0.25) is 0 Å². The average Bonchev–Trinajstić information content (AvgIpc) is 2.82. The molecule has 0 radical (unpaired) electrons. The molecule has 6 nitrogen and oxygen atoms in total. The Balaban J connectivity index is 1.71. The summed E-state index contributed by atoms with van der Waals surface area (Å²) in [5, 5.41) is 7.06. The molecule has 0 amide bonds. The molecule has 23 heavy (non-hydrogen) atoms. The van der Waals surface area contributed by atoms with Gasteiger partial charge in [-0.05, 0) is 30.7 Å². The smallest absolute Gasteiger partial charge is 0.229 e. The third-order valence-corrected chi connectivity index (χ3v) is 5.92. The molecule has 1 aliphatic rings. The van der Waals surface area contributed by atoms with Gasteiger partial charge >= 0.3 is 0 Å². The molecule has 1 saturated heterocycles. The summed E-state index contributed by atoms with van der Waals surface area (Å²) in [6.45, 7) is 0. The molecule has 1 aliphatic heterocycles. The monoisotopic (exact) mass is 372 g/mol. The van der Waals surface area contributed by atoms with E-state index in [2.05, 4.69) is 20.6 Å². The summed E-state index contributed by atoms with van der Waals surface area (Å²) in [6, 6.07) is 6.70. The Bertz CT molecular complexity index is 829. The Morgan fingerprint density at radius 3 is 2.70 bits per heavy atom. The van der Waals surface area contributed by atoms with Gasteiger partial charge in [0, 0.05) is 17.9 Å². The van der Waals surface area contributed by atoms with Gasteiger partial charge in [0.1, 0.15) is 5.82 Å². The quantitative estimate of drug-likeness (QED) is 0.857. The minimum Gasteiger partial charge on any atom is -0.366 e. The third-order valence-electron chi connectivity index (χ3n) is 3.42. The Labute approximate surface area is 144 Å². The predicted molar refractivity (Wildman–Crippen MR) is 92.5 cm³/mol. The molecule has 2 aromatic rings. The molecule has 0 bridgehead atoms. The molecular formula is C14H14Cl2N4O2S. The van der Waals surface area contributed by atoms with Crippen molar-refractivity contribution in [2.75, 3.05) is 22.1 Å². The summed E-state index contributed by atoms with van der Waals surface area (Å²) in [6.07, 6.45) is 2.18. The average molecular weight is 373 g/mol. The fourth-order valence-electron chi connectivity index (χ4n) is 2.32. The highest BCUT2D eigenvalue weighted by molar-refractivity contribution is 7.91. The van der Waals surface area contributed by atoms with Crippen molar-refractivity contribution in [2.45, 2.75) is 12.5 Å². The van der Waals surface area contributed by atoms with Gasteiger partial charge in [0.15, 0.2) is 9.84 Å². The number of halogens is 2. The van der Waals surface area contributed by atoms with Gasteiger partial charge in [-0.25, -0.2) is 13.4 Å². The van der Waals surface area contributed by atoms with Crippen molar-refractivity contribution in [3.05, 3.63) is 40.5 Å². The van der Waals surface area contributed by atoms with E-state index in [1.807, 2.05) is 0 Å². The second-order valence-electron chi connectivity index (χ2n) is 5.26. The van der Waals surface area contributed by atoms with E-state index in [9.17, 15) is 8.42 Å². The van der Waals surface area contributed by atoms with Crippen molar-refractivity contribution in [3.8, 4) is 0 Å². The topological polar surface area (TPSA) is 84.0 Å². The van der Waals surface area contributed by atoms with Gasteiger partial charge in [-0.1, -0.05) is 23.2 Å². The number of rotatable bonds is 4. The summed E-state index contributed by atoms with van der Waals surface area (Å²) in [5.41, 5.74) is 0.708. The van der Waals surface area contributed by atoms with E-state index in [0.717, 1.165) is 0 Å². The highest BCUT2D eigenvalue weighted by atomic mass is 35.5. The first-order valence-corrected chi connectivity index (χ1v) is 9.51. The highest BCUT2D eigenvalue weighted by Crippen LogP contribution is 2.26. The van der Waals surface area contributed by atoms with E-state index < -0.39 is 9.84 Å². The zero-order chi connectivity index (χ0) is 16.4. The lowest BCUT2D eigenvalue weighted by Crippen LogP contribution is -2.21. The molecule has 122 valence electrons. The maximum absolute atomic E-state index is 11.5. The van der Waals surface area contributed by atoms with Crippen molar-refractivity contribution >= 4 is 50.5 Å². The summed E-state index contributed by atoms with van der Waals surface area (Å²) in [4.78, 5) is 8.46. The molecule has 1 aromatic heterocycles. The van der Waals surface area contributed by atoms with Crippen LogP contribution in [0.4, 0.5) is 17.5 Å². The lowest BCUT2D eigenvalue weighted by molar-refractivity contribution is 0.602. The van der Waals surface area contributed by atoms with Crippen LogP contribution in [-0.2, 0) is 9.84 Å². The van der Waals surface area contributed by atoms with E-state index in [4.69, 9.17) is 23.2 Å². The minimum atomic E-state index is -2.93. The molecule has 2 heterocycles. The molecule has 0 spiro atoms. The summed E-state index contributed by atoms with van der Waals surface area (Å²) >= 11 is 11.8. The molecule has 0 aliphatic carbocycles. The molecule has 3 rings (SSSR count). The lowest BCUT2D eigenvalue weighted by Gasteiger charge is -2.12. The summed E-state index contributed by atoms with van der Waals surface area (Å²) < 4.78 is 23.0. The number of nitrogens with one attached hydrogen (secondary N) is 2. The first kappa shape index (κ1) is 16.3. The molecule has 0 saturated carbocycles. The van der Waals surface area contributed by atoms with E-state index in [1.165, 1.54) is 0 Å². The normalized spacial score (nSPS) is 19.5. The van der Waals surface area contributed by atoms with E-state index in [-0.39, 0.29) is 17.5 Å². The van der Waals surface area contributed by atoms with E-state index in [1.54, 1.807) is 30.5 Å². The van der Waals surface area contributed by atoms with Crippen LogP contribution in [0.1, 0.15) is 6.42 Å². The Kier molecular flexibility index (Phi) is 4.61. The predicted octanol–water partition coefficient (Wildman–Crippen LogP) is 3.13. The Morgan fingerprint density at radius 1 is 1.17 bits per heavy atom. The third kappa shape index (κ3) is 4.25. The van der Waals surface area contributed by atoms with Crippen LogP contribution in [0.15, 0.2) is 30.5 Å². The molecule has 1 aromatic carbocycles. The maximum atomic E-state index is 11.5. The van der Waals surface area contributed by atoms with Crippen LogP contribution in [0, 0.1) is 0 Å². The maximum Gasteiger partial charge on any atom is 0.229 e. The van der Waals surface area contributed by atoms with Gasteiger partial charge < -0.3 is 10.6 Å². The van der Waals surface area contributed by atoms with Crippen molar-refractivity contribution in [2.24, 2.45) is 0 Å². The molecular weight excluding hydrogens is 359 g/mol. The number of aromatic nitrogens is 2. The van der Waals surface area contributed by atoms with Gasteiger partial charge in [0.05, 0.1) is 21.6 Å². The van der Waals surface area contributed by atoms with Gasteiger partial charge in [0.2, 0.25) is 5.95 Å². The second kappa shape index (κ2) is 6.51. The SMILES string of the molecule is O=S1(=O)CCC(Nc2ccnc(Nc3ccc(Cl)c(Cl)c3)n2)C1. The number of hydrogen-bond acceptors (Lipinski definition) is 6. The minimum absolute atomic E-state index is 0.118. The van der Waals surface area contributed by atoms with Crippen LogP contribution in [0.3, 0.4) is 0 Å². The molecule has 9 heteroatoms. The van der Waals surface area contributed by atoms with Gasteiger partial charge in [0.25, 0.3) is 0 Å². The van der Waals surface area contributed by atoms with Crippen LogP contribution in [0.2, 0.25) is 10.0 Å². The van der Waals surface area contributed by atoms with E-state index in [0.29, 0.717) is 33.9 Å². The molecule has 1 atom stereocenters. The van der Waals surface area contributed by atoms with Crippen molar-refractivity contribution in [3.63, 3.8) is 0 Å². The molecule has 1 unspecified atom stereocenters. The van der Waals surface area contributed by atoms with Crippen LogP contribution >= 0.6 is 23.2 Å². The molecule has 2 N–H and O–H groups in total. The largest absolute Gasteiger partial charge is 0.366 e. The van der Waals surface area contributed by atoms with Crippen molar-refractivity contribution < 1.29 is 8.42 Å². The summed E-state index contributed by atoms with van der Waals surface area (Å²) in [7, 11) is -2.93. The number of anilines is 3. The summed E-state index contributed by atoms with van der Waals surface area (Å²) in [5.74, 6) is 1.30. The lowest BCUT2D eigenvalue weighted by atomic mass is 10.2. The fraction of sp³-hybridized carbons (Fsp3) is 0.286. The second-order valence-corrected chi connectivity index (χ2v) is 8.31. The standard InChI is InChI=1S/C14H14Cl2N4O2S/c15-11-2-1-9(7-12(11)16)19-14-17-5-3-13(20-14)18-10-4-6-23(21,22)8-10/h1-3,5,7,10H,4,6,8H2,(H2,17,18,19,20). The van der Waals surface area contributed by atoms with Crippen LogP contribution < -0.4 is 10.6 Å². The number of nitrogens with zero attached hydrogens (tertiary/aromatic N) is 2. The van der Waals surface area contributed by atoms with Crippen molar-refractivity contribution in [1.29, 1.82) is 0 Å². The van der Waals surface area contributed by atoms with Crippen LogP contribution in [0.5, 0.6) is 0 Å². The first-order valence-electron chi connectivity index (χ1n) is 6.93. The Hall–Kier alpha value is -1.57. The van der Waals surface area contributed by atoms with Crippen molar-refractivity contribution in [1.82, 2.24) is 9.97 Å².